The first-order chi connectivity index (χ1) is 12.2. The first-order valence-electron chi connectivity index (χ1n) is 8.55. The van der Waals surface area contributed by atoms with Crippen LogP contribution < -0.4 is 15.4 Å². The topological polar surface area (TPSA) is 67.4 Å². The smallest absolute Gasteiger partial charge is 0.225 e. The average molecular weight is 338 g/mol. The van der Waals surface area contributed by atoms with Gasteiger partial charge >= 0.3 is 0 Å². The van der Waals surface area contributed by atoms with Crippen LogP contribution in [0.25, 0.3) is 11.1 Å². The molecule has 2 aromatic carbocycles. The van der Waals surface area contributed by atoms with Crippen molar-refractivity contribution in [3.8, 4) is 16.9 Å². The minimum Gasteiger partial charge on any atom is -0.491 e. The molecule has 1 atom stereocenters. The molecule has 0 aliphatic carbocycles. The van der Waals surface area contributed by atoms with E-state index in [9.17, 15) is 9.59 Å². The quantitative estimate of drug-likeness (QED) is 0.795. The van der Waals surface area contributed by atoms with E-state index in [1.54, 1.807) is 0 Å². The van der Waals surface area contributed by atoms with E-state index in [4.69, 9.17) is 4.74 Å². The molecule has 1 heterocycles. The minimum atomic E-state index is -0.144. The summed E-state index contributed by atoms with van der Waals surface area (Å²) in [5.41, 5.74) is 2.13. The van der Waals surface area contributed by atoms with E-state index in [-0.39, 0.29) is 17.7 Å². The Labute approximate surface area is 147 Å². The van der Waals surface area contributed by atoms with Crippen molar-refractivity contribution in [3.63, 3.8) is 0 Å². The minimum absolute atomic E-state index is 0.0184. The van der Waals surface area contributed by atoms with E-state index >= 15 is 0 Å². The SMILES string of the molecule is O=C1CCC(C(=O)NCCOc2ccccc2-c2ccccc2)CN1. The molecule has 5 heteroatoms. The Kier molecular flexibility index (Phi) is 5.67. The number of nitrogens with one attached hydrogen (secondary N) is 2. The van der Waals surface area contributed by atoms with Crippen LogP contribution in [0.2, 0.25) is 0 Å². The van der Waals surface area contributed by atoms with Gasteiger partial charge in [0.1, 0.15) is 12.4 Å². The molecule has 2 amide bonds. The fourth-order valence-corrected chi connectivity index (χ4v) is 2.88. The van der Waals surface area contributed by atoms with Gasteiger partial charge in [0.25, 0.3) is 0 Å². The number of ether oxygens (including phenoxy) is 1. The van der Waals surface area contributed by atoms with Crippen molar-refractivity contribution in [3.05, 3.63) is 54.6 Å². The zero-order valence-electron chi connectivity index (χ0n) is 14.0. The van der Waals surface area contributed by atoms with Gasteiger partial charge in [-0.3, -0.25) is 9.59 Å². The molecule has 1 aliphatic rings. The van der Waals surface area contributed by atoms with Gasteiger partial charge in [0.15, 0.2) is 0 Å². The van der Waals surface area contributed by atoms with E-state index in [1.807, 2.05) is 54.6 Å². The van der Waals surface area contributed by atoms with E-state index < -0.39 is 0 Å². The highest BCUT2D eigenvalue weighted by atomic mass is 16.5. The van der Waals surface area contributed by atoms with E-state index in [2.05, 4.69) is 10.6 Å². The zero-order chi connectivity index (χ0) is 17.5. The van der Waals surface area contributed by atoms with E-state index in [0.29, 0.717) is 32.5 Å². The van der Waals surface area contributed by atoms with Crippen molar-refractivity contribution in [2.24, 2.45) is 5.92 Å². The number of hydrogen-bond acceptors (Lipinski definition) is 3. The zero-order valence-corrected chi connectivity index (χ0v) is 14.0. The largest absolute Gasteiger partial charge is 0.491 e. The first kappa shape index (κ1) is 17.0. The highest BCUT2D eigenvalue weighted by molar-refractivity contribution is 5.83. The molecule has 1 aliphatic heterocycles. The van der Waals surface area contributed by atoms with Gasteiger partial charge in [-0.1, -0.05) is 48.5 Å². The molecule has 0 saturated carbocycles. The lowest BCUT2D eigenvalue weighted by Crippen LogP contribution is -2.43. The monoisotopic (exact) mass is 338 g/mol. The Morgan fingerprint density at radius 3 is 2.64 bits per heavy atom. The number of hydrogen-bond donors (Lipinski definition) is 2. The molecule has 25 heavy (non-hydrogen) atoms. The summed E-state index contributed by atoms with van der Waals surface area (Å²) in [7, 11) is 0. The predicted octanol–water partition coefficient (Wildman–Crippen LogP) is 2.37. The van der Waals surface area contributed by atoms with Gasteiger partial charge in [0.05, 0.1) is 12.5 Å². The van der Waals surface area contributed by atoms with Gasteiger partial charge < -0.3 is 15.4 Å². The van der Waals surface area contributed by atoms with Crippen molar-refractivity contribution in [2.75, 3.05) is 19.7 Å². The molecule has 3 rings (SSSR count). The Morgan fingerprint density at radius 1 is 1.12 bits per heavy atom. The second kappa shape index (κ2) is 8.33. The van der Waals surface area contributed by atoms with Crippen LogP contribution in [0.3, 0.4) is 0 Å². The van der Waals surface area contributed by atoms with Crippen molar-refractivity contribution in [2.45, 2.75) is 12.8 Å². The van der Waals surface area contributed by atoms with Gasteiger partial charge in [0.2, 0.25) is 11.8 Å². The summed E-state index contributed by atoms with van der Waals surface area (Å²) in [5, 5.41) is 5.61. The van der Waals surface area contributed by atoms with Gasteiger partial charge in [-0.25, -0.2) is 0 Å². The van der Waals surface area contributed by atoms with Crippen molar-refractivity contribution in [1.29, 1.82) is 0 Å². The van der Waals surface area contributed by atoms with Gasteiger partial charge in [-0.2, -0.15) is 0 Å². The average Bonchev–Trinajstić information content (AvgIpc) is 2.66. The number of benzene rings is 2. The Morgan fingerprint density at radius 2 is 1.88 bits per heavy atom. The third-order valence-electron chi connectivity index (χ3n) is 4.27. The number of rotatable bonds is 6. The van der Waals surface area contributed by atoms with Crippen molar-refractivity contribution in [1.82, 2.24) is 10.6 Å². The number of carbonyl (C=O) groups is 2. The maximum Gasteiger partial charge on any atom is 0.225 e. The molecule has 2 N–H and O–H groups in total. The van der Waals surface area contributed by atoms with Crippen molar-refractivity contribution < 1.29 is 14.3 Å². The molecule has 0 radical (unpaired) electrons. The fraction of sp³-hybridized carbons (Fsp3) is 0.300. The molecule has 2 aromatic rings. The van der Waals surface area contributed by atoms with Gasteiger partial charge in [0, 0.05) is 18.5 Å². The summed E-state index contributed by atoms with van der Waals surface area (Å²) in [6, 6.07) is 17.9. The lowest BCUT2D eigenvalue weighted by Gasteiger charge is -2.21. The third-order valence-corrected chi connectivity index (χ3v) is 4.27. The molecule has 0 bridgehead atoms. The third kappa shape index (κ3) is 4.59. The molecule has 1 unspecified atom stereocenters. The van der Waals surface area contributed by atoms with Crippen LogP contribution in [-0.2, 0) is 9.59 Å². The Bertz CT molecular complexity index is 721. The van der Waals surface area contributed by atoms with Crippen molar-refractivity contribution >= 4 is 11.8 Å². The summed E-state index contributed by atoms with van der Waals surface area (Å²) < 4.78 is 5.86. The predicted molar refractivity (Wildman–Crippen MR) is 96.1 cm³/mol. The standard InChI is InChI=1S/C20H22N2O3/c23-19-11-10-16(14-22-19)20(24)21-12-13-25-18-9-5-4-8-17(18)15-6-2-1-3-7-15/h1-9,16H,10-14H2,(H,21,24)(H,22,23). The van der Waals surface area contributed by atoms with Crippen LogP contribution in [0.5, 0.6) is 5.75 Å². The summed E-state index contributed by atoms with van der Waals surface area (Å²) in [5.74, 6) is 0.645. The van der Waals surface area contributed by atoms with Crippen LogP contribution in [-0.4, -0.2) is 31.5 Å². The van der Waals surface area contributed by atoms with E-state index in [0.717, 1.165) is 16.9 Å². The fourth-order valence-electron chi connectivity index (χ4n) is 2.88. The number of carbonyl (C=O) groups excluding carboxylic acids is 2. The molecule has 1 fully saturated rings. The molecular weight excluding hydrogens is 316 g/mol. The van der Waals surface area contributed by atoms with Gasteiger partial charge in [-0.15, -0.1) is 0 Å². The molecule has 0 aromatic heterocycles. The molecular formula is C20H22N2O3. The number of amides is 2. The first-order valence-corrected chi connectivity index (χ1v) is 8.55. The second-order valence-electron chi connectivity index (χ2n) is 6.04. The van der Waals surface area contributed by atoms with Crippen LogP contribution in [0.1, 0.15) is 12.8 Å². The lowest BCUT2D eigenvalue weighted by molar-refractivity contribution is -0.129. The Balaban J connectivity index is 1.50. The van der Waals surface area contributed by atoms with Gasteiger partial charge in [-0.05, 0) is 18.1 Å². The van der Waals surface area contributed by atoms with Crippen LogP contribution in [0, 0.1) is 5.92 Å². The van der Waals surface area contributed by atoms with Crippen LogP contribution in [0.4, 0.5) is 0 Å². The number of para-hydroxylation sites is 1. The van der Waals surface area contributed by atoms with Crippen LogP contribution >= 0.6 is 0 Å². The molecule has 5 nitrogen and oxygen atoms in total. The highest BCUT2D eigenvalue weighted by Gasteiger charge is 2.23. The summed E-state index contributed by atoms with van der Waals surface area (Å²) in [6.07, 6.45) is 1.02. The molecule has 1 saturated heterocycles. The summed E-state index contributed by atoms with van der Waals surface area (Å²) in [6.45, 7) is 1.25. The molecule has 0 spiro atoms. The normalized spacial score (nSPS) is 16.8. The maximum atomic E-state index is 12.1. The number of piperidine rings is 1. The lowest BCUT2D eigenvalue weighted by atomic mass is 9.98. The Hall–Kier alpha value is -2.82. The summed E-state index contributed by atoms with van der Waals surface area (Å²) in [4.78, 5) is 23.2. The molecule has 130 valence electrons. The second-order valence-corrected chi connectivity index (χ2v) is 6.04. The highest BCUT2D eigenvalue weighted by Crippen LogP contribution is 2.29. The maximum absolute atomic E-state index is 12.1. The van der Waals surface area contributed by atoms with E-state index in [1.165, 1.54) is 0 Å². The summed E-state index contributed by atoms with van der Waals surface area (Å²) >= 11 is 0. The van der Waals surface area contributed by atoms with Crippen LogP contribution in [0.15, 0.2) is 54.6 Å².